The van der Waals surface area contributed by atoms with Gasteiger partial charge in [-0.1, -0.05) is 0 Å². The number of anilines is 1. The average molecular weight is 293 g/mol. The van der Waals surface area contributed by atoms with Crippen molar-refractivity contribution in [1.82, 2.24) is 9.78 Å². The Balaban J connectivity index is 1.97. The van der Waals surface area contributed by atoms with E-state index in [1.807, 2.05) is 6.92 Å². The number of rotatable bonds is 5. The van der Waals surface area contributed by atoms with Gasteiger partial charge < -0.3 is 10.1 Å². The second-order valence-corrected chi connectivity index (χ2v) is 4.91. The van der Waals surface area contributed by atoms with Crippen LogP contribution in [0.25, 0.3) is 5.69 Å². The number of hydrogen-bond donors (Lipinski definition) is 1. The van der Waals surface area contributed by atoms with Crippen LogP contribution >= 0.6 is 0 Å². The molecule has 0 aliphatic carbocycles. The van der Waals surface area contributed by atoms with Crippen LogP contribution in [0.3, 0.4) is 0 Å². The first-order valence-corrected chi connectivity index (χ1v) is 7.08. The van der Waals surface area contributed by atoms with E-state index in [0.717, 1.165) is 36.1 Å². The molecule has 1 aromatic carbocycles. The first-order valence-electron chi connectivity index (χ1n) is 7.08. The van der Waals surface area contributed by atoms with E-state index in [2.05, 4.69) is 10.4 Å². The van der Waals surface area contributed by atoms with Crippen molar-refractivity contribution in [2.75, 3.05) is 25.1 Å². The molecule has 2 heterocycles. The Hall–Kier alpha value is -1.95. The van der Waals surface area contributed by atoms with Gasteiger partial charge in [0.05, 0.1) is 12.3 Å². The van der Waals surface area contributed by atoms with Crippen molar-refractivity contribution in [2.45, 2.75) is 19.8 Å². The molecular weight excluding hydrogens is 276 g/mol. The molecule has 0 amide bonds. The Labute approximate surface area is 121 Å². The molecule has 0 saturated heterocycles. The maximum absolute atomic E-state index is 14.0. The molecule has 0 fully saturated rings. The number of ether oxygens (including phenoxy) is 1. The number of nitrogens with zero attached hydrogens (tertiary/aromatic N) is 2. The van der Waals surface area contributed by atoms with E-state index in [-0.39, 0.29) is 5.69 Å². The topological polar surface area (TPSA) is 39.1 Å². The molecule has 0 bridgehead atoms. The number of hydrogen-bond acceptors (Lipinski definition) is 3. The lowest BCUT2D eigenvalue weighted by Gasteiger charge is -2.07. The van der Waals surface area contributed by atoms with Gasteiger partial charge in [0.15, 0.2) is 5.82 Å². The summed E-state index contributed by atoms with van der Waals surface area (Å²) in [4.78, 5) is 0. The zero-order valence-electron chi connectivity index (χ0n) is 11.8. The van der Waals surface area contributed by atoms with Crippen molar-refractivity contribution >= 4 is 5.82 Å². The second kappa shape index (κ2) is 5.81. The van der Waals surface area contributed by atoms with Gasteiger partial charge in [-0.3, -0.25) is 0 Å². The minimum Gasteiger partial charge on any atom is -0.381 e. The summed E-state index contributed by atoms with van der Waals surface area (Å²) >= 11 is 0. The fourth-order valence-corrected chi connectivity index (χ4v) is 2.59. The van der Waals surface area contributed by atoms with Crippen molar-refractivity contribution in [3.05, 3.63) is 41.1 Å². The van der Waals surface area contributed by atoms with Gasteiger partial charge in [-0.2, -0.15) is 5.10 Å². The van der Waals surface area contributed by atoms with Crippen molar-refractivity contribution in [2.24, 2.45) is 0 Å². The highest BCUT2D eigenvalue weighted by Gasteiger charge is 2.24. The molecule has 1 aromatic heterocycles. The highest BCUT2D eigenvalue weighted by molar-refractivity contribution is 5.57. The van der Waals surface area contributed by atoms with Crippen LogP contribution in [0, 0.1) is 11.6 Å². The third-order valence-corrected chi connectivity index (χ3v) is 3.56. The molecule has 1 aliphatic heterocycles. The van der Waals surface area contributed by atoms with Crippen LogP contribution < -0.4 is 5.32 Å². The number of aromatic nitrogens is 2. The van der Waals surface area contributed by atoms with Crippen molar-refractivity contribution in [3.8, 4) is 5.69 Å². The van der Waals surface area contributed by atoms with Crippen molar-refractivity contribution in [1.29, 1.82) is 0 Å². The third kappa shape index (κ3) is 2.63. The molecule has 0 spiro atoms. The molecule has 1 N–H and O–H groups in total. The van der Waals surface area contributed by atoms with Gasteiger partial charge in [0.2, 0.25) is 0 Å². The minimum atomic E-state index is -0.620. The zero-order valence-corrected chi connectivity index (χ0v) is 11.8. The van der Waals surface area contributed by atoms with E-state index in [1.165, 1.54) is 16.8 Å². The predicted molar refractivity (Wildman–Crippen MR) is 75.9 cm³/mol. The maximum atomic E-state index is 14.0. The van der Waals surface area contributed by atoms with Gasteiger partial charge in [-0.05, 0) is 25.5 Å². The van der Waals surface area contributed by atoms with Crippen LogP contribution in [-0.4, -0.2) is 29.5 Å². The summed E-state index contributed by atoms with van der Waals surface area (Å²) < 4.78 is 33.9. The third-order valence-electron chi connectivity index (χ3n) is 3.56. The molecule has 0 saturated carbocycles. The van der Waals surface area contributed by atoms with Gasteiger partial charge in [0.1, 0.15) is 17.3 Å². The Morgan fingerprint density at radius 1 is 1.38 bits per heavy atom. The zero-order chi connectivity index (χ0) is 14.8. The van der Waals surface area contributed by atoms with Crippen molar-refractivity contribution < 1.29 is 13.5 Å². The molecule has 2 aromatic rings. The predicted octanol–water partition coefficient (Wildman–Crippen LogP) is 2.70. The lowest BCUT2D eigenvalue weighted by molar-refractivity contribution is 0.150. The fraction of sp³-hybridized carbons (Fsp3) is 0.400. The Bertz CT molecular complexity index is 655. The summed E-state index contributed by atoms with van der Waals surface area (Å²) in [5.74, 6) is -0.415. The molecule has 4 nitrogen and oxygen atoms in total. The summed E-state index contributed by atoms with van der Waals surface area (Å²) in [6, 6.07) is 3.52. The fourth-order valence-electron chi connectivity index (χ4n) is 2.59. The number of halogens is 2. The molecule has 3 rings (SSSR count). The van der Waals surface area contributed by atoms with Crippen LogP contribution in [0.2, 0.25) is 0 Å². The standard InChI is InChI=1S/C15H17F2N3O/c1-2-21-8-6-13-11-5-7-18-15(11)20(19-13)14-4-3-10(16)9-12(14)17/h3-4,9,18H,2,5-8H2,1H3. The molecule has 1 aliphatic rings. The average Bonchev–Trinajstić information content (AvgIpc) is 3.03. The van der Waals surface area contributed by atoms with Crippen LogP contribution in [0.1, 0.15) is 18.2 Å². The summed E-state index contributed by atoms with van der Waals surface area (Å²) in [6.07, 6.45) is 1.55. The quantitative estimate of drug-likeness (QED) is 0.862. The van der Waals surface area contributed by atoms with Gasteiger partial charge in [0.25, 0.3) is 0 Å². The first-order chi connectivity index (χ1) is 10.2. The number of benzene rings is 1. The van der Waals surface area contributed by atoms with Crippen molar-refractivity contribution in [3.63, 3.8) is 0 Å². The molecule has 0 atom stereocenters. The molecule has 6 heteroatoms. The van der Waals surface area contributed by atoms with Crippen LogP contribution in [0.15, 0.2) is 18.2 Å². The van der Waals surface area contributed by atoms with Gasteiger partial charge >= 0.3 is 0 Å². The molecule has 21 heavy (non-hydrogen) atoms. The SMILES string of the molecule is CCOCCc1nn(-c2ccc(F)cc2F)c2c1CCN2. The van der Waals surface area contributed by atoms with Crippen LogP contribution in [0.5, 0.6) is 0 Å². The Kier molecular flexibility index (Phi) is 3.88. The second-order valence-electron chi connectivity index (χ2n) is 4.91. The monoisotopic (exact) mass is 293 g/mol. The largest absolute Gasteiger partial charge is 0.381 e. The van der Waals surface area contributed by atoms with Gasteiger partial charge in [-0.15, -0.1) is 0 Å². The molecule has 0 radical (unpaired) electrons. The summed E-state index contributed by atoms with van der Waals surface area (Å²) in [5, 5.41) is 7.70. The van der Waals surface area contributed by atoms with E-state index in [0.29, 0.717) is 19.6 Å². The smallest absolute Gasteiger partial charge is 0.151 e. The van der Waals surface area contributed by atoms with Gasteiger partial charge in [-0.25, -0.2) is 13.5 Å². The van der Waals surface area contributed by atoms with E-state index in [9.17, 15) is 8.78 Å². The van der Waals surface area contributed by atoms with Crippen LogP contribution in [-0.2, 0) is 17.6 Å². The Morgan fingerprint density at radius 3 is 3.00 bits per heavy atom. The lowest BCUT2D eigenvalue weighted by atomic mass is 10.1. The lowest BCUT2D eigenvalue weighted by Crippen LogP contribution is -2.07. The normalized spacial score (nSPS) is 13.3. The summed E-state index contributed by atoms with van der Waals surface area (Å²) in [5.41, 5.74) is 2.26. The molecular formula is C15H17F2N3O. The van der Waals surface area contributed by atoms with E-state index in [1.54, 1.807) is 0 Å². The van der Waals surface area contributed by atoms with Crippen LogP contribution in [0.4, 0.5) is 14.6 Å². The summed E-state index contributed by atoms with van der Waals surface area (Å²) in [7, 11) is 0. The first kappa shape index (κ1) is 14.0. The van der Waals surface area contributed by atoms with E-state index < -0.39 is 11.6 Å². The number of nitrogens with one attached hydrogen (secondary N) is 1. The summed E-state index contributed by atoms with van der Waals surface area (Å²) in [6.45, 7) is 4.00. The van der Waals surface area contributed by atoms with E-state index >= 15 is 0 Å². The molecule has 112 valence electrons. The van der Waals surface area contributed by atoms with E-state index in [4.69, 9.17) is 4.74 Å². The minimum absolute atomic E-state index is 0.254. The van der Waals surface area contributed by atoms with Gasteiger partial charge in [0, 0.05) is 31.2 Å². The molecule has 0 unspecified atom stereocenters. The maximum Gasteiger partial charge on any atom is 0.151 e. The Morgan fingerprint density at radius 2 is 2.24 bits per heavy atom. The highest BCUT2D eigenvalue weighted by Crippen LogP contribution is 2.30. The number of fused-ring (bicyclic) bond motifs is 1. The highest BCUT2D eigenvalue weighted by atomic mass is 19.1.